The molecule has 0 atom stereocenters. The van der Waals surface area contributed by atoms with E-state index in [1.54, 1.807) is 36.5 Å². The fourth-order valence-electron chi connectivity index (χ4n) is 2.90. The minimum absolute atomic E-state index is 0.135. The van der Waals surface area contributed by atoms with E-state index in [9.17, 15) is 10.1 Å². The summed E-state index contributed by atoms with van der Waals surface area (Å²) in [5, 5.41) is 9.36. The fourth-order valence-corrected chi connectivity index (χ4v) is 2.90. The van der Waals surface area contributed by atoms with E-state index in [-0.39, 0.29) is 11.5 Å². The maximum atomic E-state index is 12.6. The van der Waals surface area contributed by atoms with Crippen LogP contribution in [0.3, 0.4) is 0 Å². The molecule has 1 amide bonds. The summed E-state index contributed by atoms with van der Waals surface area (Å²) in [6.45, 7) is 2.61. The number of amides is 1. The van der Waals surface area contributed by atoms with Crippen LogP contribution in [0.25, 0.3) is 6.08 Å². The van der Waals surface area contributed by atoms with E-state index in [0.717, 1.165) is 30.1 Å². The summed E-state index contributed by atoms with van der Waals surface area (Å²) >= 11 is 0. The third-order valence-electron chi connectivity index (χ3n) is 4.35. The molecule has 0 unspecified atom stereocenters. The van der Waals surface area contributed by atoms with Gasteiger partial charge in [-0.3, -0.25) is 9.78 Å². The van der Waals surface area contributed by atoms with Gasteiger partial charge in [-0.25, -0.2) is 0 Å². The lowest BCUT2D eigenvalue weighted by molar-refractivity contribution is -0.126. The van der Waals surface area contributed by atoms with Gasteiger partial charge < -0.3 is 14.5 Å². The van der Waals surface area contributed by atoms with Crippen LogP contribution in [0.1, 0.15) is 5.56 Å². The van der Waals surface area contributed by atoms with Crippen molar-refractivity contribution in [3.63, 3.8) is 0 Å². The molecule has 0 bridgehead atoms. The van der Waals surface area contributed by atoms with Gasteiger partial charge in [-0.1, -0.05) is 6.07 Å². The third kappa shape index (κ3) is 4.01. The van der Waals surface area contributed by atoms with Gasteiger partial charge in [-0.05, 0) is 42.0 Å². The van der Waals surface area contributed by atoms with Gasteiger partial charge in [0.05, 0.1) is 7.11 Å². The quantitative estimate of drug-likeness (QED) is 0.627. The first kappa shape index (κ1) is 17.5. The number of ether oxygens (including phenoxy) is 1. The van der Waals surface area contributed by atoms with E-state index in [1.165, 1.54) is 0 Å². The molecular formula is C20H20N4O2. The van der Waals surface area contributed by atoms with E-state index in [2.05, 4.69) is 9.88 Å². The number of pyridine rings is 1. The first-order chi connectivity index (χ1) is 12.7. The predicted molar refractivity (Wildman–Crippen MR) is 99.6 cm³/mol. The van der Waals surface area contributed by atoms with Crippen LogP contribution in [-0.4, -0.2) is 49.1 Å². The molecular weight excluding hydrogens is 328 g/mol. The predicted octanol–water partition coefficient (Wildman–Crippen LogP) is 2.35. The first-order valence-electron chi connectivity index (χ1n) is 8.41. The zero-order chi connectivity index (χ0) is 18.4. The van der Waals surface area contributed by atoms with Crippen LogP contribution in [0.15, 0.2) is 54.4 Å². The molecule has 6 nitrogen and oxygen atoms in total. The Labute approximate surface area is 152 Å². The Hall–Kier alpha value is -3.33. The SMILES string of the molecule is COc1ccc(N2CCN(C(=O)/C(C#N)=C/c3cccnc3)CC2)cc1. The van der Waals surface area contributed by atoms with Crippen molar-refractivity contribution in [2.75, 3.05) is 38.2 Å². The van der Waals surface area contributed by atoms with E-state index in [1.807, 2.05) is 36.4 Å². The molecule has 132 valence electrons. The number of benzene rings is 1. The zero-order valence-corrected chi connectivity index (χ0v) is 14.6. The van der Waals surface area contributed by atoms with Crippen molar-refractivity contribution in [3.8, 4) is 11.8 Å². The standard InChI is InChI=1S/C20H20N4O2/c1-26-19-6-4-18(5-7-19)23-9-11-24(12-10-23)20(25)17(14-21)13-16-3-2-8-22-15-16/h2-8,13,15H,9-12H2,1H3/b17-13+. The topological polar surface area (TPSA) is 69.5 Å². The van der Waals surface area contributed by atoms with E-state index >= 15 is 0 Å². The van der Waals surface area contributed by atoms with Crippen LogP contribution in [0.4, 0.5) is 5.69 Å². The third-order valence-corrected chi connectivity index (χ3v) is 4.35. The summed E-state index contributed by atoms with van der Waals surface area (Å²) in [5.41, 5.74) is 1.98. The second kappa shape index (κ2) is 8.17. The lowest BCUT2D eigenvalue weighted by Gasteiger charge is -2.36. The van der Waals surface area contributed by atoms with Crippen LogP contribution in [-0.2, 0) is 4.79 Å². The number of carbonyl (C=O) groups is 1. The van der Waals surface area contributed by atoms with Gasteiger partial charge in [0.25, 0.3) is 5.91 Å². The molecule has 6 heteroatoms. The minimum atomic E-state index is -0.231. The molecule has 1 aliphatic heterocycles. The Kier molecular flexibility index (Phi) is 5.49. The van der Waals surface area contributed by atoms with Crippen molar-refractivity contribution in [1.82, 2.24) is 9.88 Å². The number of rotatable bonds is 4. The van der Waals surface area contributed by atoms with E-state index in [4.69, 9.17) is 4.74 Å². The number of nitrogens with zero attached hydrogens (tertiary/aromatic N) is 4. The largest absolute Gasteiger partial charge is 0.497 e. The number of piperazine rings is 1. The maximum absolute atomic E-state index is 12.6. The zero-order valence-electron chi connectivity index (χ0n) is 14.6. The Morgan fingerprint density at radius 1 is 1.19 bits per heavy atom. The van der Waals surface area contributed by atoms with Crippen molar-refractivity contribution < 1.29 is 9.53 Å². The molecule has 1 fully saturated rings. The number of methoxy groups -OCH3 is 1. The maximum Gasteiger partial charge on any atom is 0.264 e. The summed E-state index contributed by atoms with van der Waals surface area (Å²) in [7, 11) is 1.64. The van der Waals surface area contributed by atoms with Crippen LogP contribution < -0.4 is 9.64 Å². The molecule has 0 saturated carbocycles. The van der Waals surface area contributed by atoms with Gasteiger partial charge in [0.2, 0.25) is 0 Å². The van der Waals surface area contributed by atoms with Crippen molar-refractivity contribution in [3.05, 3.63) is 59.9 Å². The lowest BCUT2D eigenvalue weighted by Crippen LogP contribution is -2.49. The number of aromatic nitrogens is 1. The molecule has 1 aliphatic rings. The molecule has 3 rings (SSSR count). The Bertz CT molecular complexity index is 817. The molecule has 0 radical (unpaired) electrons. The highest BCUT2D eigenvalue weighted by Crippen LogP contribution is 2.21. The Morgan fingerprint density at radius 3 is 2.50 bits per heavy atom. The normalized spacial score (nSPS) is 14.7. The molecule has 2 heterocycles. The van der Waals surface area contributed by atoms with Gasteiger partial charge in [-0.2, -0.15) is 5.26 Å². The highest BCUT2D eigenvalue weighted by molar-refractivity contribution is 6.01. The van der Waals surface area contributed by atoms with Crippen molar-refractivity contribution in [1.29, 1.82) is 5.26 Å². The van der Waals surface area contributed by atoms with Crippen LogP contribution in [0.5, 0.6) is 5.75 Å². The number of anilines is 1. The summed E-state index contributed by atoms with van der Waals surface area (Å²) < 4.78 is 5.18. The number of carbonyl (C=O) groups excluding carboxylic acids is 1. The number of hydrogen-bond acceptors (Lipinski definition) is 5. The highest BCUT2D eigenvalue weighted by Gasteiger charge is 2.23. The second-order valence-electron chi connectivity index (χ2n) is 5.93. The van der Waals surface area contributed by atoms with Gasteiger partial charge >= 0.3 is 0 Å². The smallest absolute Gasteiger partial charge is 0.264 e. The monoisotopic (exact) mass is 348 g/mol. The lowest BCUT2D eigenvalue weighted by atomic mass is 10.1. The van der Waals surface area contributed by atoms with E-state index < -0.39 is 0 Å². The molecule has 1 aromatic carbocycles. The van der Waals surface area contributed by atoms with Crippen LogP contribution >= 0.6 is 0 Å². The molecule has 1 aromatic heterocycles. The molecule has 0 N–H and O–H groups in total. The van der Waals surface area contributed by atoms with Crippen LogP contribution in [0.2, 0.25) is 0 Å². The molecule has 2 aromatic rings. The van der Waals surface area contributed by atoms with Crippen molar-refractivity contribution in [2.24, 2.45) is 0 Å². The molecule has 0 aliphatic carbocycles. The highest BCUT2D eigenvalue weighted by atomic mass is 16.5. The number of nitriles is 1. The molecule has 0 spiro atoms. The van der Waals surface area contributed by atoms with Gasteiger partial charge in [0, 0.05) is 44.3 Å². The van der Waals surface area contributed by atoms with Crippen molar-refractivity contribution in [2.45, 2.75) is 0 Å². The minimum Gasteiger partial charge on any atom is -0.497 e. The average molecular weight is 348 g/mol. The van der Waals surface area contributed by atoms with E-state index in [0.29, 0.717) is 13.1 Å². The summed E-state index contributed by atoms with van der Waals surface area (Å²) in [4.78, 5) is 20.6. The van der Waals surface area contributed by atoms with Crippen molar-refractivity contribution >= 4 is 17.7 Å². The average Bonchev–Trinajstić information content (AvgIpc) is 2.72. The molecule has 26 heavy (non-hydrogen) atoms. The Morgan fingerprint density at radius 2 is 1.92 bits per heavy atom. The summed E-state index contributed by atoms with van der Waals surface area (Å²) in [6.07, 6.45) is 4.88. The first-order valence-corrected chi connectivity index (χ1v) is 8.41. The summed E-state index contributed by atoms with van der Waals surface area (Å²) in [5.74, 6) is 0.590. The van der Waals surface area contributed by atoms with Gasteiger partial charge in [-0.15, -0.1) is 0 Å². The molecule has 1 saturated heterocycles. The Balaban J connectivity index is 1.64. The number of hydrogen-bond donors (Lipinski definition) is 0. The second-order valence-corrected chi connectivity index (χ2v) is 5.93. The van der Waals surface area contributed by atoms with Gasteiger partial charge in [0.15, 0.2) is 0 Å². The fraction of sp³-hybridized carbons (Fsp3) is 0.250. The van der Waals surface area contributed by atoms with Crippen LogP contribution in [0, 0.1) is 11.3 Å². The summed E-state index contributed by atoms with van der Waals surface area (Å²) in [6, 6.07) is 13.5. The van der Waals surface area contributed by atoms with Gasteiger partial charge in [0.1, 0.15) is 17.4 Å².